The summed E-state index contributed by atoms with van der Waals surface area (Å²) in [6.45, 7) is 1.10. The molecule has 2 amide bonds. The first-order valence-electron chi connectivity index (χ1n) is 6.84. The molecule has 120 valence electrons. The predicted octanol–water partition coefficient (Wildman–Crippen LogP) is 0.0707. The van der Waals surface area contributed by atoms with Crippen LogP contribution in [0.1, 0.15) is 19.3 Å². The monoisotopic (exact) mass is 302 g/mol. The van der Waals surface area contributed by atoms with Crippen LogP contribution in [0, 0.1) is 5.92 Å². The number of carboxylic acid groups (broad SMARTS) is 1. The van der Waals surface area contributed by atoms with Crippen molar-refractivity contribution in [3.8, 4) is 0 Å². The van der Waals surface area contributed by atoms with Gasteiger partial charge in [0.15, 0.2) is 0 Å². The molecule has 1 rings (SSSR count). The highest BCUT2D eigenvalue weighted by atomic mass is 16.5. The number of likely N-dealkylation sites (tertiary alicyclic amines) is 1. The summed E-state index contributed by atoms with van der Waals surface area (Å²) in [7, 11) is 2.84. The van der Waals surface area contributed by atoms with Gasteiger partial charge in [-0.3, -0.25) is 4.79 Å². The zero-order valence-corrected chi connectivity index (χ0v) is 12.3. The van der Waals surface area contributed by atoms with E-state index in [1.54, 1.807) is 0 Å². The minimum Gasteiger partial charge on any atom is -0.480 e. The lowest BCUT2D eigenvalue weighted by atomic mass is 10.1. The number of carbonyl (C=O) groups excluding carboxylic acids is 2. The normalized spacial score (nSPS) is 19.1. The van der Waals surface area contributed by atoms with Gasteiger partial charge in [0.05, 0.1) is 13.0 Å². The van der Waals surface area contributed by atoms with Crippen LogP contribution in [0.15, 0.2) is 0 Å². The van der Waals surface area contributed by atoms with Crippen LogP contribution < -0.4 is 5.32 Å². The van der Waals surface area contributed by atoms with E-state index in [1.165, 1.54) is 19.1 Å². The molecule has 2 unspecified atom stereocenters. The number of aliphatic carboxylic acids is 1. The van der Waals surface area contributed by atoms with Crippen LogP contribution in [0.25, 0.3) is 0 Å². The summed E-state index contributed by atoms with van der Waals surface area (Å²) >= 11 is 0. The molecule has 0 spiro atoms. The van der Waals surface area contributed by atoms with E-state index in [4.69, 9.17) is 9.84 Å². The molecule has 0 bridgehead atoms. The minimum atomic E-state index is -1.08. The summed E-state index contributed by atoms with van der Waals surface area (Å²) < 4.78 is 9.50. The molecule has 2 atom stereocenters. The molecule has 0 saturated carbocycles. The second kappa shape index (κ2) is 8.46. The Morgan fingerprint density at radius 1 is 1.38 bits per heavy atom. The lowest BCUT2D eigenvalue weighted by Gasteiger charge is -2.20. The second-order valence-corrected chi connectivity index (χ2v) is 4.93. The number of ether oxygens (including phenoxy) is 2. The number of esters is 1. The predicted molar refractivity (Wildman–Crippen MR) is 72.8 cm³/mol. The van der Waals surface area contributed by atoms with Gasteiger partial charge >= 0.3 is 18.0 Å². The molecule has 0 aromatic carbocycles. The Balaban J connectivity index is 2.47. The summed E-state index contributed by atoms with van der Waals surface area (Å²) in [5, 5.41) is 11.6. The molecular formula is C13H22N2O6. The van der Waals surface area contributed by atoms with Gasteiger partial charge in [0.2, 0.25) is 0 Å². The van der Waals surface area contributed by atoms with Crippen LogP contribution >= 0.6 is 0 Å². The van der Waals surface area contributed by atoms with Crippen molar-refractivity contribution in [3.05, 3.63) is 0 Å². The van der Waals surface area contributed by atoms with Crippen molar-refractivity contribution in [2.45, 2.75) is 25.3 Å². The molecule has 8 nitrogen and oxygen atoms in total. The quantitative estimate of drug-likeness (QED) is 0.509. The highest BCUT2D eigenvalue weighted by Gasteiger charge is 2.33. The van der Waals surface area contributed by atoms with Crippen LogP contribution in [0.5, 0.6) is 0 Å². The molecule has 1 heterocycles. The third kappa shape index (κ3) is 5.22. The number of carbonyl (C=O) groups is 3. The number of hydrogen-bond acceptors (Lipinski definition) is 5. The first-order valence-corrected chi connectivity index (χ1v) is 6.84. The highest BCUT2D eigenvalue weighted by Crippen LogP contribution is 2.17. The molecule has 0 aromatic heterocycles. The van der Waals surface area contributed by atoms with Crippen molar-refractivity contribution in [1.82, 2.24) is 10.2 Å². The Bertz CT molecular complexity index is 387. The third-order valence-electron chi connectivity index (χ3n) is 3.45. The second-order valence-electron chi connectivity index (χ2n) is 4.93. The molecule has 1 saturated heterocycles. The topological polar surface area (TPSA) is 105 Å². The molecule has 1 aliphatic heterocycles. The van der Waals surface area contributed by atoms with Gasteiger partial charge in [-0.15, -0.1) is 0 Å². The molecule has 0 aliphatic carbocycles. The van der Waals surface area contributed by atoms with Gasteiger partial charge in [0.1, 0.15) is 6.04 Å². The Kier molecular flexibility index (Phi) is 6.93. The molecule has 2 N–H and O–H groups in total. The number of urea groups is 1. The maximum atomic E-state index is 12.0. The number of nitrogens with one attached hydrogen (secondary N) is 1. The van der Waals surface area contributed by atoms with Gasteiger partial charge in [-0.25, -0.2) is 9.59 Å². The van der Waals surface area contributed by atoms with E-state index in [1.807, 2.05) is 0 Å². The van der Waals surface area contributed by atoms with E-state index in [0.29, 0.717) is 32.4 Å². The molecule has 0 aromatic rings. The fourth-order valence-electron chi connectivity index (χ4n) is 2.23. The van der Waals surface area contributed by atoms with E-state index in [0.717, 1.165) is 0 Å². The largest absolute Gasteiger partial charge is 0.480 e. The average molecular weight is 302 g/mol. The first-order chi connectivity index (χ1) is 9.99. The lowest BCUT2D eigenvalue weighted by molar-refractivity contribution is -0.145. The van der Waals surface area contributed by atoms with E-state index in [-0.39, 0.29) is 18.4 Å². The summed E-state index contributed by atoms with van der Waals surface area (Å²) in [5.41, 5.74) is 0. The van der Waals surface area contributed by atoms with Gasteiger partial charge in [0, 0.05) is 26.8 Å². The summed E-state index contributed by atoms with van der Waals surface area (Å²) in [4.78, 5) is 36.0. The lowest BCUT2D eigenvalue weighted by Crippen LogP contribution is -2.47. The SMILES string of the molecule is COCCCC(NC(=O)N1CCC(C(=O)OC)C1)C(=O)O. The maximum Gasteiger partial charge on any atom is 0.326 e. The van der Waals surface area contributed by atoms with E-state index < -0.39 is 18.0 Å². The summed E-state index contributed by atoms with van der Waals surface area (Å²) in [5.74, 6) is -1.76. The summed E-state index contributed by atoms with van der Waals surface area (Å²) in [6.07, 6.45) is 1.36. The van der Waals surface area contributed by atoms with Crippen molar-refractivity contribution in [3.63, 3.8) is 0 Å². The number of amides is 2. The van der Waals surface area contributed by atoms with Gasteiger partial charge in [-0.2, -0.15) is 0 Å². The van der Waals surface area contributed by atoms with Gasteiger partial charge in [0.25, 0.3) is 0 Å². The van der Waals surface area contributed by atoms with Crippen molar-refractivity contribution in [2.24, 2.45) is 5.92 Å². The van der Waals surface area contributed by atoms with Gasteiger partial charge in [-0.1, -0.05) is 0 Å². The Hall–Kier alpha value is -1.83. The van der Waals surface area contributed by atoms with Crippen molar-refractivity contribution in [1.29, 1.82) is 0 Å². The Morgan fingerprint density at radius 2 is 2.10 bits per heavy atom. The number of nitrogens with zero attached hydrogens (tertiary/aromatic N) is 1. The van der Waals surface area contributed by atoms with Gasteiger partial charge in [-0.05, 0) is 19.3 Å². The number of hydrogen-bond donors (Lipinski definition) is 2. The molecular weight excluding hydrogens is 280 g/mol. The molecule has 0 radical (unpaired) electrons. The Morgan fingerprint density at radius 3 is 2.67 bits per heavy atom. The highest BCUT2D eigenvalue weighted by molar-refractivity contribution is 5.83. The molecule has 1 aliphatic rings. The fraction of sp³-hybridized carbons (Fsp3) is 0.769. The Labute approximate surface area is 123 Å². The zero-order chi connectivity index (χ0) is 15.8. The van der Waals surface area contributed by atoms with E-state index in [9.17, 15) is 14.4 Å². The number of carboxylic acids is 1. The molecule has 21 heavy (non-hydrogen) atoms. The zero-order valence-electron chi connectivity index (χ0n) is 12.3. The van der Waals surface area contributed by atoms with Gasteiger partial charge < -0.3 is 24.8 Å². The van der Waals surface area contributed by atoms with Crippen molar-refractivity contribution >= 4 is 18.0 Å². The third-order valence-corrected chi connectivity index (χ3v) is 3.45. The summed E-state index contributed by atoms with van der Waals surface area (Å²) in [6, 6.07) is -1.42. The number of methoxy groups -OCH3 is 2. The van der Waals surface area contributed by atoms with Crippen LogP contribution in [-0.4, -0.2) is 67.9 Å². The van der Waals surface area contributed by atoms with Crippen LogP contribution in [0.2, 0.25) is 0 Å². The van der Waals surface area contributed by atoms with Crippen LogP contribution in [0.3, 0.4) is 0 Å². The van der Waals surface area contributed by atoms with Crippen LogP contribution in [0.4, 0.5) is 4.79 Å². The molecule has 1 fully saturated rings. The fourth-order valence-corrected chi connectivity index (χ4v) is 2.23. The van der Waals surface area contributed by atoms with Crippen molar-refractivity contribution < 1.29 is 29.0 Å². The minimum absolute atomic E-state index is 0.253. The first kappa shape index (κ1) is 17.2. The van der Waals surface area contributed by atoms with E-state index in [2.05, 4.69) is 10.1 Å². The van der Waals surface area contributed by atoms with Crippen molar-refractivity contribution in [2.75, 3.05) is 33.9 Å². The smallest absolute Gasteiger partial charge is 0.326 e. The maximum absolute atomic E-state index is 12.0. The van der Waals surface area contributed by atoms with Crippen LogP contribution in [-0.2, 0) is 19.1 Å². The van der Waals surface area contributed by atoms with E-state index >= 15 is 0 Å². The number of rotatable bonds is 7. The average Bonchev–Trinajstić information content (AvgIpc) is 2.95. The standard InChI is InChI=1S/C13H22N2O6/c1-20-7-3-4-10(11(16)17)14-13(19)15-6-5-9(8-15)12(18)21-2/h9-10H,3-8H2,1-2H3,(H,14,19)(H,16,17). The molecule has 8 heteroatoms.